The molecule has 3 rings (SSSR count). The summed E-state index contributed by atoms with van der Waals surface area (Å²) >= 11 is 0. The first-order valence-corrected chi connectivity index (χ1v) is 8.77. The molecule has 3 heteroatoms. The van der Waals surface area contributed by atoms with Gasteiger partial charge in [0.05, 0.1) is 12.2 Å². The van der Waals surface area contributed by atoms with E-state index in [0.717, 1.165) is 31.2 Å². The molecular weight excluding hydrogens is 282 g/mol. The zero-order valence-electron chi connectivity index (χ0n) is 13.4. The average molecular weight is 308 g/mol. The summed E-state index contributed by atoms with van der Waals surface area (Å²) in [5.74, 6) is -0.442. The fraction of sp³-hybridized carbons (Fsp3) is 0.684. The molecule has 0 N–H and O–H groups in total. The standard InChI is InChI=1S/C19H26F2O/c1-2-3-16-9-11-19(22-16)14-6-4-13(5-7-14)15-8-10-17(20)18(21)12-15/h8,10,12-14,16,19H,2-7,9,11H2,1H3. The molecule has 1 saturated heterocycles. The van der Waals surface area contributed by atoms with Crippen LogP contribution in [0.2, 0.25) is 0 Å². The van der Waals surface area contributed by atoms with E-state index in [1.807, 2.05) is 0 Å². The summed E-state index contributed by atoms with van der Waals surface area (Å²) in [6, 6.07) is 4.38. The Hall–Kier alpha value is -0.960. The number of rotatable bonds is 4. The second-order valence-corrected chi connectivity index (χ2v) is 6.95. The molecule has 1 aliphatic heterocycles. The van der Waals surface area contributed by atoms with Crippen molar-refractivity contribution >= 4 is 0 Å². The normalized spacial score (nSPS) is 32.3. The predicted octanol–water partition coefficient (Wildman–Crippen LogP) is 5.59. The highest BCUT2D eigenvalue weighted by Crippen LogP contribution is 2.41. The molecule has 0 bridgehead atoms. The monoisotopic (exact) mass is 308 g/mol. The lowest BCUT2D eigenvalue weighted by molar-refractivity contribution is -0.00427. The highest BCUT2D eigenvalue weighted by atomic mass is 19.2. The maximum atomic E-state index is 13.4. The van der Waals surface area contributed by atoms with Crippen molar-refractivity contribution in [2.75, 3.05) is 0 Å². The molecule has 1 heterocycles. The number of hydrogen-bond donors (Lipinski definition) is 0. The van der Waals surface area contributed by atoms with Crippen LogP contribution < -0.4 is 0 Å². The lowest BCUT2D eigenvalue weighted by Gasteiger charge is -2.32. The Morgan fingerprint density at radius 1 is 1.00 bits per heavy atom. The Morgan fingerprint density at radius 2 is 1.77 bits per heavy atom. The van der Waals surface area contributed by atoms with Crippen molar-refractivity contribution in [1.82, 2.24) is 0 Å². The lowest BCUT2D eigenvalue weighted by atomic mass is 9.76. The van der Waals surface area contributed by atoms with Gasteiger partial charge in [-0.15, -0.1) is 0 Å². The molecule has 1 aromatic rings. The first kappa shape index (κ1) is 15.9. The summed E-state index contributed by atoms with van der Waals surface area (Å²) in [6.07, 6.45) is 10.1. The van der Waals surface area contributed by atoms with Crippen LogP contribution in [0, 0.1) is 17.6 Å². The van der Waals surface area contributed by atoms with Gasteiger partial charge in [-0.05, 0) is 74.5 Å². The van der Waals surface area contributed by atoms with E-state index in [-0.39, 0.29) is 0 Å². The molecule has 2 aliphatic rings. The summed E-state index contributed by atoms with van der Waals surface area (Å²) in [4.78, 5) is 0. The summed E-state index contributed by atoms with van der Waals surface area (Å²) in [6.45, 7) is 2.21. The van der Waals surface area contributed by atoms with Crippen LogP contribution in [0.1, 0.15) is 69.8 Å². The molecule has 1 saturated carbocycles. The number of halogens is 2. The van der Waals surface area contributed by atoms with E-state index in [1.54, 1.807) is 6.07 Å². The van der Waals surface area contributed by atoms with Gasteiger partial charge >= 0.3 is 0 Å². The van der Waals surface area contributed by atoms with E-state index in [2.05, 4.69) is 6.92 Å². The Kier molecular flexibility index (Phi) is 5.12. The summed E-state index contributed by atoms with van der Waals surface area (Å²) < 4.78 is 32.6. The summed E-state index contributed by atoms with van der Waals surface area (Å²) in [5, 5.41) is 0. The van der Waals surface area contributed by atoms with Crippen LogP contribution in [0.25, 0.3) is 0 Å². The van der Waals surface area contributed by atoms with Crippen LogP contribution in [-0.4, -0.2) is 12.2 Å². The third-order valence-electron chi connectivity index (χ3n) is 5.46. The van der Waals surface area contributed by atoms with Gasteiger partial charge in [0.15, 0.2) is 11.6 Å². The van der Waals surface area contributed by atoms with Crippen molar-refractivity contribution in [1.29, 1.82) is 0 Å². The van der Waals surface area contributed by atoms with Gasteiger partial charge < -0.3 is 4.74 Å². The van der Waals surface area contributed by atoms with E-state index in [1.165, 1.54) is 37.8 Å². The van der Waals surface area contributed by atoms with Crippen LogP contribution in [0.3, 0.4) is 0 Å². The lowest BCUT2D eigenvalue weighted by Crippen LogP contribution is -2.25. The van der Waals surface area contributed by atoms with E-state index in [9.17, 15) is 8.78 Å². The minimum Gasteiger partial charge on any atom is -0.375 e. The molecule has 0 radical (unpaired) electrons. The number of ether oxygens (including phenoxy) is 1. The van der Waals surface area contributed by atoms with Gasteiger partial charge in [0, 0.05) is 0 Å². The zero-order chi connectivity index (χ0) is 15.5. The molecule has 2 unspecified atom stereocenters. The summed E-state index contributed by atoms with van der Waals surface area (Å²) in [5.41, 5.74) is 0.952. The predicted molar refractivity (Wildman–Crippen MR) is 83.9 cm³/mol. The van der Waals surface area contributed by atoms with Gasteiger partial charge in [0.2, 0.25) is 0 Å². The zero-order valence-corrected chi connectivity index (χ0v) is 13.4. The molecule has 0 spiro atoms. The molecule has 0 amide bonds. The average Bonchev–Trinajstić information content (AvgIpc) is 2.99. The Balaban J connectivity index is 1.53. The Morgan fingerprint density at radius 3 is 2.45 bits per heavy atom. The quantitative estimate of drug-likeness (QED) is 0.705. The first-order chi connectivity index (χ1) is 10.7. The van der Waals surface area contributed by atoms with Gasteiger partial charge in [-0.3, -0.25) is 0 Å². The largest absolute Gasteiger partial charge is 0.375 e. The van der Waals surface area contributed by atoms with Crippen LogP contribution in [0.4, 0.5) is 8.78 Å². The molecule has 0 aromatic heterocycles. The molecule has 2 fully saturated rings. The maximum absolute atomic E-state index is 13.4. The van der Waals surface area contributed by atoms with Crippen LogP contribution in [0.15, 0.2) is 18.2 Å². The Labute approximate surface area is 132 Å². The highest BCUT2D eigenvalue weighted by molar-refractivity contribution is 5.22. The Bertz CT molecular complexity index is 494. The van der Waals surface area contributed by atoms with Gasteiger partial charge in [0.25, 0.3) is 0 Å². The minimum absolute atomic E-state index is 0.374. The fourth-order valence-electron chi connectivity index (χ4n) is 4.21. The molecule has 22 heavy (non-hydrogen) atoms. The van der Waals surface area contributed by atoms with Gasteiger partial charge in [-0.1, -0.05) is 19.4 Å². The van der Waals surface area contributed by atoms with Gasteiger partial charge in [-0.25, -0.2) is 8.78 Å². The number of hydrogen-bond acceptors (Lipinski definition) is 1. The smallest absolute Gasteiger partial charge is 0.159 e. The van der Waals surface area contributed by atoms with Gasteiger partial charge in [0.1, 0.15) is 0 Å². The third kappa shape index (κ3) is 3.51. The van der Waals surface area contributed by atoms with Crippen LogP contribution in [0.5, 0.6) is 0 Å². The van der Waals surface area contributed by atoms with Crippen LogP contribution in [-0.2, 0) is 4.74 Å². The van der Waals surface area contributed by atoms with Crippen molar-refractivity contribution in [2.24, 2.45) is 5.92 Å². The summed E-state index contributed by atoms with van der Waals surface area (Å²) in [7, 11) is 0. The fourth-order valence-corrected chi connectivity index (χ4v) is 4.21. The molecule has 1 aromatic carbocycles. The van der Waals surface area contributed by atoms with E-state index in [4.69, 9.17) is 4.74 Å². The number of benzene rings is 1. The molecule has 2 atom stereocenters. The molecule has 1 nitrogen and oxygen atoms in total. The molecule has 1 aliphatic carbocycles. The van der Waals surface area contributed by atoms with Crippen molar-refractivity contribution in [2.45, 2.75) is 76.4 Å². The highest BCUT2D eigenvalue weighted by Gasteiger charge is 2.34. The maximum Gasteiger partial charge on any atom is 0.159 e. The second kappa shape index (κ2) is 7.08. The molecular formula is C19H26F2O. The SMILES string of the molecule is CCCC1CCC(C2CCC(c3ccc(F)c(F)c3)CC2)O1. The van der Waals surface area contributed by atoms with E-state index < -0.39 is 11.6 Å². The van der Waals surface area contributed by atoms with Crippen molar-refractivity contribution in [3.8, 4) is 0 Å². The third-order valence-corrected chi connectivity index (χ3v) is 5.46. The van der Waals surface area contributed by atoms with Gasteiger partial charge in [-0.2, -0.15) is 0 Å². The topological polar surface area (TPSA) is 9.23 Å². The van der Waals surface area contributed by atoms with Crippen molar-refractivity contribution < 1.29 is 13.5 Å². The first-order valence-electron chi connectivity index (χ1n) is 8.77. The van der Waals surface area contributed by atoms with E-state index in [0.29, 0.717) is 24.0 Å². The van der Waals surface area contributed by atoms with E-state index >= 15 is 0 Å². The van der Waals surface area contributed by atoms with Crippen molar-refractivity contribution in [3.63, 3.8) is 0 Å². The second-order valence-electron chi connectivity index (χ2n) is 6.95. The van der Waals surface area contributed by atoms with Crippen LogP contribution >= 0.6 is 0 Å². The van der Waals surface area contributed by atoms with Crippen molar-refractivity contribution in [3.05, 3.63) is 35.4 Å². The minimum atomic E-state index is -0.751. The molecule has 122 valence electrons.